The summed E-state index contributed by atoms with van der Waals surface area (Å²) in [5, 5.41) is 4.32. The standard InChI is InChI=1S/C17H23N3S/c1-5-10-18-14(4)15-6-8-16(9-7-15)21-17-19-12(2)11-13(3)20-17/h6-9,11,14,18H,5,10H2,1-4H3. The van der Waals surface area contributed by atoms with Crippen molar-refractivity contribution >= 4 is 11.8 Å². The van der Waals surface area contributed by atoms with Crippen molar-refractivity contribution in [1.29, 1.82) is 0 Å². The first-order valence-corrected chi connectivity index (χ1v) is 8.23. The third kappa shape index (κ3) is 4.83. The molecule has 2 aromatic rings. The second-order valence-electron chi connectivity index (χ2n) is 5.28. The number of nitrogens with zero attached hydrogens (tertiary/aromatic N) is 2. The number of hydrogen-bond acceptors (Lipinski definition) is 4. The molecule has 21 heavy (non-hydrogen) atoms. The highest BCUT2D eigenvalue weighted by Crippen LogP contribution is 2.26. The Bertz CT molecular complexity index is 561. The minimum Gasteiger partial charge on any atom is -0.310 e. The van der Waals surface area contributed by atoms with Crippen molar-refractivity contribution in [3.63, 3.8) is 0 Å². The Morgan fingerprint density at radius 2 is 1.71 bits per heavy atom. The van der Waals surface area contributed by atoms with Gasteiger partial charge in [0.1, 0.15) is 0 Å². The summed E-state index contributed by atoms with van der Waals surface area (Å²) >= 11 is 1.61. The first kappa shape index (κ1) is 16.0. The molecule has 0 aliphatic rings. The predicted octanol–water partition coefficient (Wildman–Crippen LogP) is 4.31. The van der Waals surface area contributed by atoms with E-state index in [-0.39, 0.29) is 0 Å². The summed E-state index contributed by atoms with van der Waals surface area (Å²) in [6.45, 7) is 9.44. The van der Waals surface area contributed by atoms with Gasteiger partial charge < -0.3 is 5.32 Å². The zero-order valence-corrected chi connectivity index (χ0v) is 14.0. The van der Waals surface area contributed by atoms with Gasteiger partial charge in [-0.2, -0.15) is 0 Å². The Balaban J connectivity index is 2.05. The second kappa shape index (κ2) is 7.57. The molecule has 1 aromatic heterocycles. The zero-order valence-electron chi connectivity index (χ0n) is 13.2. The van der Waals surface area contributed by atoms with Gasteiger partial charge in [0.15, 0.2) is 5.16 Å². The van der Waals surface area contributed by atoms with Crippen molar-refractivity contribution in [3.05, 3.63) is 47.3 Å². The lowest BCUT2D eigenvalue weighted by Crippen LogP contribution is -2.19. The molecule has 3 nitrogen and oxygen atoms in total. The van der Waals surface area contributed by atoms with Crippen LogP contribution in [0.1, 0.15) is 43.3 Å². The van der Waals surface area contributed by atoms with Crippen LogP contribution >= 0.6 is 11.8 Å². The molecular weight excluding hydrogens is 278 g/mol. The smallest absolute Gasteiger partial charge is 0.192 e. The fraction of sp³-hybridized carbons (Fsp3) is 0.412. The van der Waals surface area contributed by atoms with Gasteiger partial charge in [0.25, 0.3) is 0 Å². The van der Waals surface area contributed by atoms with E-state index in [0.717, 1.165) is 29.5 Å². The van der Waals surface area contributed by atoms with E-state index < -0.39 is 0 Å². The number of rotatable bonds is 6. The van der Waals surface area contributed by atoms with Crippen LogP contribution in [0.4, 0.5) is 0 Å². The molecule has 1 aromatic carbocycles. The van der Waals surface area contributed by atoms with Gasteiger partial charge in [-0.25, -0.2) is 9.97 Å². The van der Waals surface area contributed by atoms with Crippen LogP contribution in [-0.2, 0) is 0 Å². The van der Waals surface area contributed by atoms with Crippen LogP contribution in [0.3, 0.4) is 0 Å². The van der Waals surface area contributed by atoms with Crippen LogP contribution in [-0.4, -0.2) is 16.5 Å². The Morgan fingerprint density at radius 3 is 2.29 bits per heavy atom. The first-order chi connectivity index (χ1) is 10.1. The summed E-state index contributed by atoms with van der Waals surface area (Å²) < 4.78 is 0. The van der Waals surface area contributed by atoms with Crippen LogP contribution in [0.5, 0.6) is 0 Å². The van der Waals surface area contributed by atoms with E-state index in [1.165, 1.54) is 10.5 Å². The van der Waals surface area contributed by atoms with E-state index >= 15 is 0 Å². The molecule has 0 saturated carbocycles. The second-order valence-corrected chi connectivity index (χ2v) is 6.32. The number of hydrogen-bond donors (Lipinski definition) is 1. The summed E-state index contributed by atoms with van der Waals surface area (Å²) in [6.07, 6.45) is 1.16. The van der Waals surface area contributed by atoms with Gasteiger partial charge >= 0.3 is 0 Å². The van der Waals surface area contributed by atoms with E-state index in [9.17, 15) is 0 Å². The van der Waals surface area contributed by atoms with E-state index in [1.54, 1.807) is 11.8 Å². The Morgan fingerprint density at radius 1 is 1.10 bits per heavy atom. The lowest BCUT2D eigenvalue weighted by Gasteiger charge is -2.13. The summed E-state index contributed by atoms with van der Waals surface area (Å²) in [6, 6.07) is 11.0. The molecule has 2 rings (SSSR count). The number of benzene rings is 1. The largest absolute Gasteiger partial charge is 0.310 e. The summed E-state index contributed by atoms with van der Waals surface area (Å²) in [4.78, 5) is 10.1. The van der Waals surface area contributed by atoms with Crippen molar-refractivity contribution in [2.75, 3.05) is 6.54 Å². The molecular formula is C17H23N3S. The molecule has 0 amide bonds. The van der Waals surface area contributed by atoms with E-state index in [1.807, 2.05) is 19.9 Å². The van der Waals surface area contributed by atoms with Gasteiger partial charge in [-0.3, -0.25) is 0 Å². The minimum atomic E-state index is 0.390. The summed E-state index contributed by atoms with van der Waals surface area (Å²) in [5.74, 6) is 0. The SMILES string of the molecule is CCCNC(C)c1ccc(Sc2nc(C)cc(C)n2)cc1. The van der Waals surface area contributed by atoms with Crippen molar-refractivity contribution in [3.8, 4) is 0 Å². The van der Waals surface area contributed by atoms with Gasteiger partial charge in [-0.05, 0) is 69.3 Å². The molecule has 1 unspecified atom stereocenters. The molecule has 1 atom stereocenters. The van der Waals surface area contributed by atoms with Gasteiger partial charge in [-0.15, -0.1) is 0 Å². The Labute approximate surface area is 131 Å². The highest BCUT2D eigenvalue weighted by atomic mass is 32.2. The third-order valence-corrected chi connectivity index (χ3v) is 4.12. The topological polar surface area (TPSA) is 37.8 Å². The fourth-order valence-corrected chi connectivity index (χ4v) is 3.01. The highest BCUT2D eigenvalue weighted by Gasteiger charge is 2.06. The summed E-state index contributed by atoms with van der Waals surface area (Å²) in [7, 11) is 0. The van der Waals surface area contributed by atoms with Crippen LogP contribution < -0.4 is 5.32 Å². The molecule has 0 aliphatic heterocycles. The molecule has 4 heteroatoms. The Kier molecular flexibility index (Phi) is 5.76. The summed E-state index contributed by atoms with van der Waals surface area (Å²) in [5.41, 5.74) is 3.34. The van der Waals surface area contributed by atoms with Gasteiger partial charge in [0.2, 0.25) is 0 Å². The van der Waals surface area contributed by atoms with E-state index in [0.29, 0.717) is 6.04 Å². The molecule has 0 saturated heterocycles. The molecule has 0 spiro atoms. The monoisotopic (exact) mass is 301 g/mol. The van der Waals surface area contributed by atoms with Gasteiger partial charge in [0.05, 0.1) is 0 Å². The molecule has 0 radical (unpaired) electrons. The average Bonchev–Trinajstić information content (AvgIpc) is 2.44. The average molecular weight is 301 g/mol. The fourth-order valence-electron chi connectivity index (χ4n) is 2.15. The third-order valence-electron chi connectivity index (χ3n) is 3.25. The molecule has 112 valence electrons. The van der Waals surface area contributed by atoms with E-state index in [4.69, 9.17) is 0 Å². The van der Waals surface area contributed by atoms with Gasteiger partial charge in [-0.1, -0.05) is 19.1 Å². The van der Waals surface area contributed by atoms with Crippen molar-refractivity contribution in [2.24, 2.45) is 0 Å². The lowest BCUT2D eigenvalue weighted by molar-refractivity contribution is 0.570. The van der Waals surface area contributed by atoms with Crippen LogP contribution in [0.2, 0.25) is 0 Å². The first-order valence-electron chi connectivity index (χ1n) is 7.42. The normalized spacial score (nSPS) is 12.4. The minimum absolute atomic E-state index is 0.390. The number of nitrogens with one attached hydrogen (secondary N) is 1. The maximum Gasteiger partial charge on any atom is 0.192 e. The van der Waals surface area contributed by atoms with Crippen molar-refractivity contribution in [1.82, 2.24) is 15.3 Å². The maximum atomic E-state index is 4.47. The van der Waals surface area contributed by atoms with E-state index in [2.05, 4.69) is 53.4 Å². The number of aromatic nitrogens is 2. The lowest BCUT2D eigenvalue weighted by atomic mass is 10.1. The molecule has 0 aliphatic carbocycles. The number of aryl methyl sites for hydroxylation is 2. The highest BCUT2D eigenvalue weighted by molar-refractivity contribution is 7.99. The maximum absolute atomic E-state index is 4.47. The zero-order chi connectivity index (χ0) is 15.2. The van der Waals surface area contributed by atoms with Crippen LogP contribution in [0, 0.1) is 13.8 Å². The molecule has 0 bridgehead atoms. The van der Waals surface area contributed by atoms with Gasteiger partial charge in [0, 0.05) is 22.3 Å². The van der Waals surface area contributed by atoms with Crippen molar-refractivity contribution < 1.29 is 0 Å². The molecule has 0 fully saturated rings. The Hall–Kier alpha value is -1.39. The predicted molar refractivity (Wildman–Crippen MR) is 88.8 cm³/mol. The molecule has 1 N–H and O–H groups in total. The van der Waals surface area contributed by atoms with Crippen LogP contribution in [0.15, 0.2) is 40.4 Å². The molecule has 1 heterocycles. The van der Waals surface area contributed by atoms with Crippen LogP contribution in [0.25, 0.3) is 0 Å². The quantitative estimate of drug-likeness (QED) is 0.807. The van der Waals surface area contributed by atoms with Crippen molar-refractivity contribution in [2.45, 2.75) is 50.2 Å².